The highest BCUT2D eigenvalue weighted by Gasteiger charge is 2.12. The first-order valence-corrected chi connectivity index (χ1v) is 4.91. The third-order valence-corrected chi connectivity index (χ3v) is 2.25. The molecular weight excluding hydrogens is 195 g/mol. The lowest BCUT2D eigenvalue weighted by Gasteiger charge is -2.13. The Kier molecular flexibility index (Phi) is 4.24. The van der Waals surface area contributed by atoms with Gasteiger partial charge in [0.15, 0.2) is 0 Å². The van der Waals surface area contributed by atoms with E-state index in [-0.39, 0.29) is 5.82 Å². The predicted octanol–water partition coefficient (Wildman–Crippen LogP) is 1.18. The summed E-state index contributed by atoms with van der Waals surface area (Å²) in [6.07, 6.45) is 0.601. The third kappa shape index (κ3) is 3.32. The number of rotatable bonds is 5. The Labute approximate surface area is 88.5 Å². The minimum atomic E-state index is -0.408. The van der Waals surface area contributed by atoms with Crippen molar-refractivity contribution in [2.45, 2.75) is 25.9 Å². The van der Waals surface area contributed by atoms with E-state index in [4.69, 9.17) is 5.73 Å². The Balaban J connectivity index is 2.56. The van der Waals surface area contributed by atoms with E-state index < -0.39 is 11.9 Å². The van der Waals surface area contributed by atoms with Crippen LogP contribution >= 0.6 is 0 Å². The number of nitrogens with one attached hydrogen (secondary N) is 1. The Hall–Kier alpha value is -1.42. The van der Waals surface area contributed by atoms with Crippen LogP contribution in [0.2, 0.25) is 0 Å². The second-order valence-electron chi connectivity index (χ2n) is 3.34. The van der Waals surface area contributed by atoms with Gasteiger partial charge in [-0.3, -0.25) is 4.79 Å². The molecular formula is C11H15FN2O. The van der Waals surface area contributed by atoms with Crippen molar-refractivity contribution in [3.8, 4) is 0 Å². The highest BCUT2D eigenvalue weighted by Crippen LogP contribution is 2.06. The van der Waals surface area contributed by atoms with E-state index in [1.54, 1.807) is 18.2 Å². The van der Waals surface area contributed by atoms with Crippen molar-refractivity contribution in [2.75, 3.05) is 0 Å². The quantitative estimate of drug-likeness (QED) is 0.766. The molecule has 0 aromatic heterocycles. The number of primary amides is 1. The average Bonchev–Trinajstić information content (AvgIpc) is 2.21. The molecule has 4 heteroatoms. The Morgan fingerprint density at radius 3 is 2.73 bits per heavy atom. The van der Waals surface area contributed by atoms with Gasteiger partial charge < -0.3 is 11.1 Å². The SMILES string of the molecule is CCC(NCc1ccccc1F)C(N)=O. The molecule has 0 aliphatic carbocycles. The molecule has 82 valence electrons. The van der Waals surface area contributed by atoms with Crippen LogP contribution in [-0.2, 0) is 11.3 Å². The first-order chi connectivity index (χ1) is 7.15. The van der Waals surface area contributed by atoms with Gasteiger partial charge in [-0.25, -0.2) is 4.39 Å². The number of carbonyl (C=O) groups excluding carboxylic acids is 1. The topological polar surface area (TPSA) is 55.1 Å². The molecule has 3 N–H and O–H groups in total. The largest absolute Gasteiger partial charge is 0.368 e. The highest BCUT2D eigenvalue weighted by molar-refractivity contribution is 5.79. The molecule has 0 heterocycles. The van der Waals surface area contributed by atoms with Crippen LogP contribution in [0.1, 0.15) is 18.9 Å². The molecule has 1 aromatic carbocycles. The molecule has 0 saturated carbocycles. The monoisotopic (exact) mass is 210 g/mol. The molecule has 1 atom stereocenters. The number of nitrogens with two attached hydrogens (primary N) is 1. The highest BCUT2D eigenvalue weighted by atomic mass is 19.1. The van der Waals surface area contributed by atoms with Crippen LogP contribution in [0.25, 0.3) is 0 Å². The molecule has 3 nitrogen and oxygen atoms in total. The van der Waals surface area contributed by atoms with E-state index in [0.29, 0.717) is 18.5 Å². The number of carbonyl (C=O) groups is 1. The Bertz CT molecular complexity index is 341. The maximum absolute atomic E-state index is 13.2. The zero-order valence-corrected chi connectivity index (χ0v) is 8.66. The number of hydrogen-bond acceptors (Lipinski definition) is 2. The van der Waals surface area contributed by atoms with Gasteiger partial charge in [0.05, 0.1) is 6.04 Å². The molecule has 1 rings (SSSR count). The predicted molar refractivity (Wildman–Crippen MR) is 56.5 cm³/mol. The maximum Gasteiger partial charge on any atom is 0.234 e. The minimum Gasteiger partial charge on any atom is -0.368 e. The smallest absolute Gasteiger partial charge is 0.234 e. The third-order valence-electron chi connectivity index (χ3n) is 2.25. The number of benzene rings is 1. The van der Waals surface area contributed by atoms with Gasteiger partial charge in [-0.05, 0) is 12.5 Å². The molecule has 0 aliphatic heterocycles. The molecule has 0 fully saturated rings. The first kappa shape index (κ1) is 11.7. The van der Waals surface area contributed by atoms with E-state index in [2.05, 4.69) is 5.32 Å². The second kappa shape index (κ2) is 5.46. The van der Waals surface area contributed by atoms with Crippen molar-refractivity contribution in [3.05, 3.63) is 35.6 Å². The number of amides is 1. The fraction of sp³-hybridized carbons (Fsp3) is 0.364. The Morgan fingerprint density at radius 2 is 2.20 bits per heavy atom. The van der Waals surface area contributed by atoms with Gasteiger partial charge in [0.25, 0.3) is 0 Å². The van der Waals surface area contributed by atoms with Gasteiger partial charge >= 0.3 is 0 Å². The van der Waals surface area contributed by atoms with Crippen LogP contribution in [0.15, 0.2) is 24.3 Å². The molecule has 1 amide bonds. The summed E-state index contributed by atoms with van der Waals surface area (Å²) in [6.45, 7) is 2.16. The fourth-order valence-corrected chi connectivity index (χ4v) is 1.32. The van der Waals surface area contributed by atoms with Gasteiger partial charge in [0.2, 0.25) is 5.91 Å². The molecule has 0 spiro atoms. The lowest BCUT2D eigenvalue weighted by Crippen LogP contribution is -2.40. The van der Waals surface area contributed by atoms with Crippen LogP contribution in [0.4, 0.5) is 4.39 Å². The summed E-state index contributed by atoms with van der Waals surface area (Å²) in [7, 11) is 0. The zero-order chi connectivity index (χ0) is 11.3. The van der Waals surface area contributed by atoms with E-state index >= 15 is 0 Å². The van der Waals surface area contributed by atoms with Crippen molar-refractivity contribution in [2.24, 2.45) is 5.73 Å². The molecule has 0 radical (unpaired) electrons. The molecule has 1 aromatic rings. The van der Waals surface area contributed by atoms with Gasteiger partial charge in [-0.2, -0.15) is 0 Å². The molecule has 1 unspecified atom stereocenters. The van der Waals surface area contributed by atoms with Crippen LogP contribution in [-0.4, -0.2) is 11.9 Å². The summed E-state index contributed by atoms with van der Waals surface area (Å²) in [6, 6.07) is 6.05. The summed E-state index contributed by atoms with van der Waals surface area (Å²) in [4.78, 5) is 10.9. The minimum absolute atomic E-state index is 0.274. The van der Waals surface area contributed by atoms with E-state index in [1.165, 1.54) is 6.07 Å². The van der Waals surface area contributed by atoms with Gasteiger partial charge in [-0.15, -0.1) is 0 Å². The van der Waals surface area contributed by atoms with Crippen molar-refractivity contribution in [3.63, 3.8) is 0 Å². The van der Waals surface area contributed by atoms with Gasteiger partial charge in [0, 0.05) is 12.1 Å². The average molecular weight is 210 g/mol. The van der Waals surface area contributed by atoms with Crippen LogP contribution in [0.3, 0.4) is 0 Å². The van der Waals surface area contributed by atoms with Crippen LogP contribution in [0.5, 0.6) is 0 Å². The van der Waals surface area contributed by atoms with Gasteiger partial charge in [0.1, 0.15) is 5.82 Å². The summed E-state index contributed by atoms with van der Waals surface area (Å²) in [5.74, 6) is -0.682. The van der Waals surface area contributed by atoms with E-state index in [1.807, 2.05) is 6.92 Å². The summed E-state index contributed by atoms with van der Waals surface area (Å²) in [5.41, 5.74) is 5.69. The molecule has 0 bridgehead atoms. The number of halogens is 1. The second-order valence-corrected chi connectivity index (χ2v) is 3.34. The Morgan fingerprint density at radius 1 is 1.53 bits per heavy atom. The summed E-state index contributed by atoms with van der Waals surface area (Å²) < 4.78 is 13.2. The zero-order valence-electron chi connectivity index (χ0n) is 8.66. The van der Waals surface area contributed by atoms with Gasteiger partial charge in [-0.1, -0.05) is 25.1 Å². The fourth-order valence-electron chi connectivity index (χ4n) is 1.32. The van der Waals surface area contributed by atoms with E-state index in [0.717, 1.165) is 0 Å². The first-order valence-electron chi connectivity index (χ1n) is 4.91. The lowest BCUT2D eigenvalue weighted by atomic mass is 10.1. The number of hydrogen-bond donors (Lipinski definition) is 2. The van der Waals surface area contributed by atoms with Crippen molar-refractivity contribution >= 4 is 5.91 Å². The van der Waals surface area contributed by atoms with Crippen molar-refractivity contribution in [1.29, 1.82) is 0 Å². The molecule has 0 aliphatic rings. The lowest BCUT2D eigenvalue weighted by molar-refractivity contribution is -0.120. The molecule has 0 saturated heterocycles. The summed E-state index contributed by atoms with van der Waals surface area (Å²) >= 11 is 0. The maximum atomic E-state index is 13.2. The van der Waals surface area contributed by atoms with E-state index in [9.17, 15) is 9.18 Å². The van der Waals surface area contributed by atoms with Crippen molar-refractivity contribution in [1.82, 2.24) is 5.32 Å². The molecule has 15 heavy (non-hydrogen) atoms. The van der Waals surface area contributed by atoms with Crippen LogP contribution < -0.4 is 11.1 Å². The summed E-state index contributed by atoms with van der Waals surface area (Å²) in [5, 5.41) is 2.91. The van der Waals surface area contributed by atoms with Crippen LogP contribution in [0, 0.1) is 5.82 Å². The van der Waals surface area contributed by atoms with Crippen molar-refractivity contribution < 1.29 is 9.18 Å². The standard InChI is InChI=1S/C11H15FN2O/c1-2-10(11(13)15)14-7-8-5-3-4-6-9(8)12/h3-6,10,14H,2,7H2,1H3,(H2,13,15). The normalized spacial score (nSPS) is 12.4.